The molecule has 1 atom stereocenters. The van der Waals surface area contributed by atoms with Gasteiger partial charge < -0.3 is 9.30 Å². The Morgan fingerprint density at radius 2 is 2.32 bits per heavy atom. The lowest BCUT2D eigenvalue weighted by molar-refractivity contribution is 0.0287. The number of pyridine rings is 1. The minimum Gasteiger partial charge on any atom is -0.450 e. The van der Waals surface area contributed by atoms with Crippen LogP contribution in [-0.4, -0.2) is 15.5 Å². The monoisotopic (exact) mass is 254 g/mol. The zero-order valence-corrected chi connectivity index (χ0v) is 10.6. The average molecular weight is 254 g/mol. The molecule has 0 N–H and O–H groups in total. The summed E-state index contributed by atoms with van der Waals surface area (Å²) in [6.45, 7) is 0. The predicted octanol–water partition coefficient (Wildman–Crippen LogP) is 2.34. The lowest BCUT2D eigenvalue weighted by Crippen LogP contribution is -2.15. The summed E-state index contributed by atoms with van der Waals surface area (Å²) in [6, 6.07) is 8.92. The van der Waals surface area contributed by atoms with Crippen molar-refractivity contribution in [2.24, 2.45) is 7.05 Å². The fourth-order valence-electron chi connectivity index (χ4n) is 1.74. The Morgan fingerprint density at radius 3 is 2.89 bits per heavy atom. The molecule has 4 heteroatoms. The molecule has 0 aliphatic carbocycles. The number of nitrogens with zero attached hydrogens (tertiary/aromatic N) is 2. The molecule has 0 aliphatic rings. The topological polar surface area (TPSA) is 44.1 Å². The highest BCUT2D eigenvalue weighted by Crippen LogP contribution is 2.20. The van der Waals surface area contributed by atoms with Gasteiger partial charge in [-0.25, -0.2) is 4.79 Å². The van der Waals surface area contributed by atoms with E-state index in [1.807, 2.05) is 6.07 Å². The maximum absolute atomic E-state index is 12.0. The minimum absolute atomic E-state index is 0.299. The Bertz CT molecular complexity index is 596. The zero-order chi connectivity index (χ0) is 13.7. The number of rotatable bonds is 4. The van der Waals surface area contributed by atoms with E-state index in [9.17, 15) is 4.79 Å². The van der Waals surface area contributed by atoms with Gasteiger partial charge in [0.2, 0.25) is 0 Å². The SMILES string of the molecule is C#CCC(OC(=O)c1cccn1C)c1ccccn1. The molecule has 0 fully saturated rings. The summed E-state index contributed by atoms with van der Waals surface area (Å²) >= 11 is 0. The third kappa shape index (κ3) is 3.02. The lowest BCUT2D eigenvalue weighted by atomic mass is 10.1. The zero-order valence-electron chi connectivity index (χ0n) is 10.6. The molecular formula is C15H14N2O2. The van der Waals surface area contributed by atoms with Gasteiger partial charge in [-0.2, -0.15) is 0 Å². The predicted molar refractivity (Wildman–Crippen MR) is 71.3 cm³/mol. The van der Waals surface area contributed by atoms with Gasteiger partial charge in [0.05, 0.1) is 12.1 Å². The van der Waals surface area contributed by atoms with Crippen molar-refractivity contribution in [3.8, 4) is 12.3 Å². The molecule has 0 aromatic carbocycles. The molecule has 0 saturated heterocycles. The summed E-state index contributed by atoms with van der Waals surface area (Å²) in [4.78, 5) is 16.2. The Kier molecular flexibility index (Phi) is 3.99. The molecular weight excluding hydrogens is 240 g/mol. The Morgan fingerprint density at radius 1 is 1.47 bits per heavy atom. The summed E-state index contributed by atoms with van der Waals surface area (Å²) in [5.74, 6) is 2.10. The van der Waals surface area contributed by atoms with Crippen LogP contribution in [0.4, 0.5) is 0 Å². The first-order chi connectivity index (χ1) is 9.22. The Hall–Kier alpha value is -2.54. The molecule has 96 valence electrons. The van der Waals surface area contributed by atoms with Crippen LogP contribution in [0.1, 0.15) is 28.7 Å². The highest BCUT2D eigenvalue weighted by atomic mass is 16.5. The quantitative estimate of drug-likeness (QED) is 0.621. The molecule has 2 aromatic heterocycles. The standard InChI is InChI=1S/C15H14N2O2/c1-3-7-14(12-8-4-5-10-16-12)19-15(18)13-9-6-11-17(13)2/h1,4-6,8-11,14H,7H2,2H3. The second kappa shape index (κ2) is 5.87. The van der Waals surface area contributed by atoms with Crippen LogP contribution < -0.4 is 0 Å². The largest absolute Gasteiger partial charge is 0.450 e. The van der Waals surface area contributed by atoms with Gasteiger partial charge >= 0.3 is 5.97 Å². The van der Waals surface area contributed by atoms with E-state index in [1.54, 1.807) is 48.3 Å². The summed E-state index contributed by atoms with van der Waals surface area (Å²) in [5, 5.41) is 0. The Labute approximate surface area is 112 Å². The van der Waals surface area contributed by atoms with Gasteiger partial charge in [-0.1, -0.05) is 6.07 Å². The summed E-state index contributed by atoms with van der Waals surface area (Å²) in [6.07, 6.45) is 8.53. The van der Waals surface area contributed by atoms with Crippen molar-refractivity contribution in [1.82, 2.24) is 9.55 Å². The third-order valence-electron chi connectivity index (χ3n) is 2.72. The van der Waals surface area contributed by atoms with E-state index in [1.165, 1.54) is 0 Å². The van der Waals surface area contributed by atoms with Crippen LogP contribution in [0.5, 0.6) is 0 Å². The number of ether oxygens (including phenoxy) is 1. The molecule has 2 aromatic rings. The number of aryl methyl sites for hydroxylation is 1. The molecule has 4 nitrogen and oxygen atoms in total. The first kappa shape index (κ1) is 12.9. The van der Waals surface area contributed by atoms with Crippen LogP contribution >= 0.6 is 0 Å². The molecule has 0 saturated carbocycles. The molecule has 1 unspecified atom stereocenters. The lowest BCUT2D eigenvalue weighted by Gasteiger charge is -2.15. The van der Waals surface area contributed by atoms with E-state index in [0.717, 1.165) is 0 Å². The molecule has 19 heavy (non-hydrogen) atoms. The van der Waals surface area contributed by atoms with Crippen molar-refractivity contribution in [3.05, 3.63) is 54.1 Å². The second-order valence-corrected chi connectivity index (χ2v) is 4.06. The second-order valence-electron chi connectivity index (χ2n) is 4.06. The van der Waals surface area contributed by atoms with Crippen molar-refractivity contribution in [2.45, 2.75) is 12.5 Å². The van der Waals surface area contributed by atoms with Gasteiger partial charge in [0.1, 0.15) is 5.69 Å². The van der Waals surface area contributed by atoms with Crippen LogP contribution in [0, 0.1) is 12.3 Å². The molecule has 0 radical (unpaired) electrons. The van der Waals surface area contributed by atoms with Gasteiger partial charge in [-0.15, -0.1) is 12.3 Å². The number of aromatic nitrogens is 2. The van der Waals surface area contributed by atoms with Crippen molar-refractivity contribution in [3.63, 3.8) is 0 Å². The molecule has 0 bridgehead atoms. The maximum atomic E-state index is 12.0. The number of terminal acetylenes is 1. The van der Waals surface area contributed by atoms with Gasteiger partial charge in [0, 0.05) is 19.4 Å². The fraction of sp³-hybridized carbons (Fsp3) is 0.200. The van der Waals surface area contributed by atoms with Crippen molar-refractivity contribution in [1.29, 1.82) is 0 Å². The number of esters is 1. The molecule has 0 spiro atoms. The number of hydrogen-bond donors (Lipinski definition) is 0. The summed E-state index contributed by atoms with van der Waals surface area (Å²) < 4.78 is 7.14. The van der Waals surface area contributed by atoms with Crippen LogP contribution in [0.3, 0.4) is 0 Å². The first-order valence-corrected chi connectivity index (χ1v) is 5.89. The van der Waals surface area contributed by atoms with Gasteiger partial charge in [0.15, 0.2) is 6.10 Å². The van der Waals surface area contributed by atoms with Crippen LogP contribution in [0.2, 0.25) is 0 Å². The smallest absolute Gasteiger partial charge is 0.355 e. The van der Waals surface area contributed by atoms with E-state index >= 15 is 0 Å². The fourth-order valence-corrected chi connectivity index (χ4v) is 1.74. The molecule has 0 amide bonds. The average Bonchev–Trinajstić information content (AvgIpc) is 2.85. The number of hydrogen-bond acceptors (Lipinski definition) is 3. The van der Waals surface area contributed by atoms with Gasteiger partial charge in [-0.3, -0.25) is 4.98 Å². The van der Waals surface area contributed by atoms with Crippen molar-refractivity contribution in [2.75, 3.05) is 0 Å². The minimum atomic E-state index is -0.520. The first-order valence-electron chi connectivity index (χ1n) is 5.89. The Balaban J connectivity index is 2.17. The van der Waals surface area contributed by atoms with E-state index in [0.29, 0.717) is 17.8 Å². The highest BCUT2D eigenvalue weighted by molar-refractivity contribution is 5.87. The van der Waals surface area contributed by atoms with Crippen LogP contribution in [0.15, 0.2) is 42.7 Å². The molecule has 2 heterocycles. The molecule has 2 rings (SSSR count). The maximum Gasteiger partial charge on any atom is 0.355 e. The van der Waals surface area contributed by atoms with Crippen molar-refractivity contribution < 1.29 is 9.53 Å². The van der Waals surface area contributed by atoms with Gasteiger partial charge in [-0.05, 0) is 24.3 Å². The van der Waals surface area contributed by atoms with E-state index in [2.05, 4.69) is 10.9 Å². The number of carbonyl (C=O) groups excluding carboxylic acids is 1. The summed E-state index contributed by atoms with van der Waals surface area (Å²) in [7, 11) is 1.79. The van der Waals surface area contributed by atoms with Gasteiger partial charge in [0.25, 0.3) is 0 Å². The van der Waals surface area contributed by atoms with E-state index < -0.39 is 12.1 Å². The van der Waals surface area contributed by atoms with E-state index in [-0.39, 0.29) is 0 Å². The van der Waals surface area contributed by atoms with E-state index in [4.69, 9.17) is 11.2 Å². The summed E-state index contributed by atoms with van der Waals surface area (Å²) in [5.41, 5.74) is 1.14. The normalized spacial score (nSPS) is 11.6. The third-order valence-corrected chi connectivity index (χ3v) is 2.72. The molecule has 0 aliphatic heterocycles. The van der Waals surface area contributed by atoms with Crippen LogP contribution in [0.25, 0.3) is 0 Å². The van der Waals surface area contributed by atoms with Crippen LogP contribution in [-0.2, 0) is 11.8 Å². The van der Waals surface area contributed by atoms with Crippen molar-refractivity contribution >= 4 is 5.97 Å². The number of carbonyl (C=O) groups is 1. The highest BCUT2D eigenvalue weighted by Gasteiger charge is 2.19.